The Morgan fingerprint density at radius 3 is 2.78 bits per heavy atom. The van der Waals surface area contributed by atoms with Crippen LogP contribution in [0.2, 0.25) is 0 Å². The molecule has 1 aromatic carbocycles. The van der Waals surface area contributed by atoms with Crippen LogP contribution in [0, 0.1) is 12.8 Å². The molecule has 0 spiro atoms. The lowest BCUT2D eigenvalue weighted by Gasteiger charge is -2.31. The largest absolute Gasteiger partial charge is 0.395 e. The molecule has 2 N–H and O–H groups in total. The van der Waals surface area contributed by atoms with Crippen LogP contribution in [0.3, 0.4) is 0 Å². The van der Waals surface area contributed by atoms with Crippen molar-refractivity contribution < 1.29 is 9.90 Å². The highest BCUT2D eigenvalue weighted by molar-refractivity contribution is 6.00. The van der Waals surface area contributed by atoms with Crippen molar-refractivity contribution in [3.8, 4) is 0 Å². The minimum Gasteiger partial charge on any atom is -0.395 e. The van der Waals surface area contributed by atoms with E-state index >= 15 is 0 Å². The molecule has 6 heteroatoms. The molecule has 0 unspecified atom stereocenters. The maximum atomic E-state index is 13.8. The van der Waals surface area contributed by atoms with E-state index in [1.165, 1.54) is 6.42 Å². The number of hydrogen-bond acceptors (Lipinski definition) is 5. The minimum absolute atomic E-state index is 0.0909. The van der Waals surface area contributed by atoms with Gasteiger partial charge in [-0.05, 0) is 56.0 Å². The summed E-state index contributed by atoms with van der Waals surface area (Å²) in [5, 5.41) is 13.1. The summed E-state index contributed by atoms with van der Waals surface area (Å²) < 4.78 is 0. The zero-order valence-electron chi connectivity index (χ0n) is 19.4. The predicted octanol–water partition coefficient (Wildman–Crippen LogP) is 5.16. The normalized spacial score (nSPS) is 16.0. The van der Waals surface area contributed by atoms with Gasteiger partial charge >= 0.3 is 0 Å². The van der Waals surface area contributed by atoms with Gasteiger partial charge in [0.15, 0.2) is 0 Å². The standard InChI is InChI=1S/C26H36N4O2/c1-3-4-12-29(13-14-31)22-10-11-23-24(16-22)30(26(32)20-8-6-5-7-9-20)18-21-15-19(2)17-27-25(21)28-23/h10-11,15-17,20,31H,3-9,12-14,18H2,1-2H3,(H,27,28). The molecule has 32 heavy (non-hydrogen) atoms. The van der Waals surface area contributed by atoms with E-state index in [4.69, 9.17) is 0 Å². The lowest BCUT2D eigenvalue weighted by molar-refractivity contribution is -0.123. The molecule has 1 aliphatic heterocycles. The Hall–Kier alpha value is -2.60. The van der Waals surface area contributed by atoms with E-state index in [1.807, 2.05) is 18.0 Å². The highest BCUT2D eigenvalue weighted by atomic mass is 16.3. The summed E-state index contributed by atoms with van der Waals surface area (Å²) in [6.45, 7) is 6.33. The number of aryl methyl sites for hydroxylation is 1. The second-order valence-electron chi connectivity index (χ2n) is 9.17. The minimum atomic E-state index is 0.0909. The van der Waals surface area contributed by atoms with E-state index in [0.29, 0.717) is 13.1 Å². The molecule has 1 amide bonds. The SMILES string of the molecule is CCCCN(CCO)c1ccc2c(c1)N(C(=O)C1CCCCC1)Cc1cc(C)cnc1N2. The fourth-order valence-corrected chi connectivity index (χ4v) is 4.90. The summed E-state index contributed by atoms with van der Waals surface area (Å²) in [5.74, 6) is 1.14. The highest BCUT2D eigenvalue weighted by Crippen LogP contribution is 2.39. The molecular weight excluding hydrogens is 400 g/mol. The van der Waals surface area contributed by atoms with Crippen molar-refractivity contribution in [3.05, 3.63) is 41.6 Å². The van der Waals surface area contributed by atoms with Crippen molar-refractivity contribution in [2.24, 2.45) is 5.92 Å². The second-order valence-corrected chi connectivity index (χ2v) is 9.17. The predicted molar refractivity (Wildman–Crippen MR) is 131 cm³/mol. The zero-order valence-corrected chi connectivity index (χ0v) is 19.4. The number of unbranched alkanes of at least 4 members (excludes halogenated alkanes) is 1. The van der Waals surface area contributed by atoms with Gasteiger partial charge < -0.3 is 20.2 Å². The molecular formula is C26H36N4O2. The Labute approximate surface area is 191 Å². The van der Waals surface area contributed by atoms with Crippen molar-refractivity contribution in [3.63, 3.8) is 0 Å². The van der Waals surface area contributed by atoms with Gasteiger partial charge in [0.1, 0.15) is 5.82 Å². The number of aliphatic hydroxyl groups is 1. The van der Waals surface area contributed by atoms with E-state index in [2.05, 4.69) is 46.4 Å². The Balaban J connectivity index is 1.74. The fraction of sp³-hybridized carbons (Fsp3) is 0.538. The third-order valence-electron chi connectivity index (χ3n) is 6.69. The van der Waals surface area contributed by atoms with Gasteiger partial charge in [0, 0.05) is 36.5 Å². The van der Waals surface area contributed by atoms with Gasteiger partial charge in [-0.25, -0.2) is 4.98 Å². The van der Waals surface area contributed by atoms with Crippen molar-refractivity contribution in [1.29, 1.82) is 0 Å². The van der Waals surface area contributed by atoms with Crippen LogP contribution in [0.25, 0.3) is 0 Å². The first-order valence-corrected chi connectivity index (χ1v) is 12.1. The molecule has 2 heterocycles. The average Bonchev–Trinajstić information content (AvgIpc) is 2.98. The van der Waals surface area contributed by atoms with Crippen LogP contribution in [-0.4, -0.2) is 35.7 Å². The van der Waals surface area contributed by atoms with Crippen molar-refractivity contribution in [2.75, 3.05) is 34.8 Å². The number of amides is 1. The molecule has 1 aromatic heterocycles. The molecule has 1 aliphatic carbocycles. The van der Waals surface area contributed by atoms with E-state index in [0.717, 1.165) is 79.1 Å². The summed E-state index contributed by atoms with van der Waals surface area (Å²) in [5.41, 5.74) is 5.01. The molecule has 4 rings (SSSR count). The summed E-state index contributed by atoms with van der Waals surface area (Å²) >= 11 is 0. The smallest absolute Gasteiger partial charge is 0.230 e. The Morgan fingerprint density at radius 2 is 2.03 bits per heavy atom. The number of pyridine rings is 1. The third-order valence-corrected chi connectivity index (χ3v) is 6.69. The van der Waals surface area contributed by atoms with Crippen LogP contribution >= 0.6 is 0 Å². The number of fused-ring (bicyclic) bond motifs is 2. The van der Waals surface area contributed by atoms with Crippen LogP contribution in [0.4, 0.5) is 22.9 Å². The summed E-state index contributed by atoms with van der Waals surface area (Å²) in [6.07, 6.45) is 9.48. The number of nitrogens with zero attached hydrogens (tertiary/aromatic N) is 3. The number of benzene rings is 1. The van der Waals surface area contributed by atoms with Crippen LogP contribution in [0.1, 0.15) is 63.0 Å². The van der Waals surface area contributed by atoms with E-state index in [9.17, 15) is 9.90 Å². The summed E-state index contributed by atoms with van der Waals surface area (Å²) in [4.78, 5) is 22.6. The number of nitrogens with one attached hydrogen (secondary N) is 1. The van der Waals surface area contributed by atoms with Gasteiger partial charge in [0.2, 0.25) is 5.91 Å². The van der Waals surface area contributed by atoms with Gasteiger partial charge in [0.05, 0.1) is 24.5 Å². The first-order valence-electron chi connectivity index (χ1n) is 12.1. The molecule has 1 fully saturated rings. The van der Waals surface area contributed by atoms with Gasteiger partial charge in [-0.2, -0.15) is 0 Å². The van der Waals surface area contributed by atoms with Crippen LogP contribution in [0.5, 0.6) is 0 Å². The molecule has 1 saturated carbocycles. The number of hydrogen-bond donors (Lipinski definition) is 2. The lowest BCUT2D eigenvalue weighted by Crippen LogP contribution is -2.36. The fourth-order valence-electron chi connectivity index (χ4n) is 4.90. The van der Waals surface area contributed by atoms with Gasteiger partial charge in [-0.1, -0.05) is 32.6 Å². The van der Waals surface area contributed by atoms with Gasteiger partial charge in [-0.15, -0.1) is 0 Å². The molecule has 0 radical (unpaired) electrons. The third kappa shape index (κ3) is 4.90. The number of aromatic nitrogens is 1. The summed E-state index contributed by atoms with van der Waals surface area (Å²) in [7, 11) is 0. The molecule has 0 atom stereocenters. The average molecular weight is 437 g/mol. The quantitative estimate of drug-likeness (QED) is 0.627. The number of carbonyl (C=O) groups excluding carboxylic acids is 1. The van der Waals surface area contributed by atoms with Crippen molar-refractivity contribution in [1.82, 2.24) is 4.98 Å². The van der Waals surface area contributed by atoms with Crippen LogP contribution < -0.4 is 15.1 Å². The highest BCUT2D eigenvalue weighted by Gasteiger charge is 2.31. The second kappa shape index (κ2) is 10.3. The topological polar surface area (TPSA) is 68.7 Å². The molecule has 0 saturated heterocycles. The number of aliphatic hydroxyl groups excluding tert-OH is 1. The molecule has 2 aliphatic rings. The van der Waals surface area contributed by atoms with Gasteiger partial charge in [-0.3, -0.25) is 4.79 Å². The first kappa shape index (κ1) is 22.6. The Bertz CT molecular complexity index is 939. The molecule has 6 nitrogen and oxygen atoms in total. The number of rotatable bonds is 7. The maximum absolute atomic E-state index is 13.8. The van der Waals surface area contributed by atoms with Crippen molar-refractivity contribution in [2.45, 2.75) is 65.3 Å². The Morgan fingerprint density at radius 1 is 1.22 bits per heavy atom. The molecule has 0 bridgehead atoms. The van der Waals surface area contributed by atoms with Crippen LogP contribution in [-0.2, 0) is 11.3 Å². The van der Waals surface area contributed by atoms with Crippen LogP contribution in [0.15, 0.2) is 30.5 Å². The Kier molecular flexibility index (Phi) is 7.30. The maximum Gasteiger partial charge on any atom is 0.230 e. The summed E-state index contributed by atoms with van der Waals surface area (Å²) in [6, 6.07) is 8.38. The van der Waals surface area contributed by atoms with E-state index < -0.39 is 0 Å². The van der Waals surface area contributed by atoms with Crippen molar-refractivity contribution >= 4 is 28.8 Å². The molecule has 172 valence electrons. The number of anilines is 4. The monoisotopic (exact) mass is 436 g/mol. The van der Waals surface area contributed by atoms with E-state index in [1.54, 1.807) is 0 Å². The molecule has 2 aromatic rings. The number of carbonyl (C=O) groups is 1. The lowest BCUT2D eigenvalue weighted by atomic mass is 9.88. The van der Waals surface area contributed by atoms with Gasteiger partial charge in [0.25, 0.3) is 0 Å². The zero-order chi connectivity index (χ0) is 22.5. The van der Waals surface area contributed by atoms with E-state index in [-0.39, 0.29) is 18.4 Å². The first-order chi connectivity index (χ1) is 15.6.